The largest absolute Gasteiger partial charge is 0.416 e. The van der Waals surface area contributed by atoms with Crippen LogP contribution in [0.2, 0.25) is 0 Å². The summed E-state index contributed by atoms with van der Waals surface area (Å²) in [5, 5.41) is 6.93. The van der Waals surface area contributed by atoms with Crippen LogP contribution in [0.5, 0.6) is 0 Å². The smallest absolute Gasteiger partial charge is 0.375 e. The zero-order chi connectivity index (χ0) is 21.2. The van der Waals surface area contributed by atoms with Gasteiger partial charge >= 0.3 is 6.18 Å². The van der Waals surface area contributed by atoms with Gasteiger partial charge in [0, 0.05) is 25.0 Å². The van der Waals surface area contributed by atoms with Crippen molar-refractivity contribution in [1.82, 2.24) is 9.78 Å². The fraction of sp³-hybridized carbons (Fsp3) is 0.238. The number of anilines is 2. The van der Waals surface area contributed by atoms with Gasteiger partial charge < -0.3 is 10.2 Å². The molecule has 0 aliphatic carbocycles. The average Bonchev–Trinajstić information content (AvgIpc) is 3.08. The minimum Gasteiger partial charge on any atom is -0.375 e. The summed E-state index contributed by atoms with van der Waals surface area (Å²) in [7, 11) is 1.95. The Balaban J connectivity index is 1.85. The molecule has 29 heavy (non-hydrogen) atoms. The first-order valence-corrected chi connectivity index (χ1v) is 9.05. The minimum absolute atomic E-state index is 0.239. The molecule has 0 atom stereocenters. The van der Waals surface area contributed by atoms with Crippen molar-refractivity contribution in [3.63, 3.8) is 0 Å². The summed E-state index contributed by atoms with van der Waals surface area (Å²) in [6.07, 6.45) is -3.10. The molecule has 152 valence electrons. The van der Waals surface area contributed by atoms with Gasteiger partial charge in [-0.15, -0.1) is 0 Å². The minimum atomic E-state index is -4.45. The predicted molar refractivity (Wildman–Crippen MR) is 107 cm³/mol. The molecule has 0 saturated heterocycles. The van der Waals surface area contributed by atoms with Gasteiger partial charge in [-0.05, 0) is 50.2 Å². The van der Waals surface area contributed by atoms with Crippen molar-refractivity contribution in [2.45, 2.75) is 20.0 Å². The number of hydrogen-bond donors (Lipinski definition) is 1. The first-order chi connectivity index (χ1) is 13.7. The number of nitrogens with zero attached hydrogens (tertiary/aromatic N) is 3. The molecule has 0 saturated carbocycles. The molecule has 1 heterocycles. The third-order valence-electron chi connectivity index (χ3n) is 4.69. The summed E-state index contributed by atoms with van der Waals surface area (Å²) in [5.41, 5.74) is 1.79. The highest BCUT2D eigenvalue weighted by atomic mass is 19.4. The molecule has 0 radical (unpaired) electrons. The number of aromatic nitrogens is 2. The number of alkyl halides is 3. The van der Waals surface area contributed by atoms with Crippen molar-refractivity contribution in [2.24, 2.45) is 0 Å². The molecule has 0 aliphatic heterocycles. The standard InChI is InChI=1S/C21H21F3N4O/c1-4-27(3)17-9-6-8-16(12-17)26-20(29)19-13-25-28(14(19)2)18-10-5-7-15(11-18)21(22,23)24/h5-13H,4H2,1-3H3,(H,26,29). The normalized spacial score (nSPS) is 11.4. The van der Waals surface area contributed by atoms with E-state index in [1.54, 1.807) is 13.0 Å². The molecule has 2 aromatic carbocycles. The highest BCUT2D eigenvalue weighted by molar-refractivity contribution is 6.05. The van der Waals surface area contributed by atoms with Gasteiger partial charge in [-0.1, -0.05) is 12.1 Å². The van der Waals surface area contributed by atoms with E-state index in [4.69, 9.17) is 0 Å². The van der Waals surface area contributed by atoms with Crippen molar-refractivity contribution in [3.8, 4) is 5.69 Å². The third-order valence-corrected chi connectivity index (χ3v) is 4.69. The Morgan fingerprint density at radius 1 is 1.17 bits per heavy atom. The number of carbonyl (C=O) groups excluding carboxylic acids is 1. The maximum Gasteiger partial charge on any atom is 0.416 e. The van der Waals surface area contributed by atoms with Crippen LogP contribution in [0.3, 0.4) is 0 Å². The van der Waals surface area contributed by atoms with Gasteiger partial charge in [0.05, 0.1) is 28.7 Å². The van der Waals surface area contributed by atoms with Crippen LogP contribution in [-0.4, -0.2) is 29.3 Å². The fourth-order valence-electron chi connectivity index (χ4n) is 2.91. The Kier molecular flexibility index (Phi) is 5.63. The van der Waals surface area contributed by atoms with Crippen LogP contribution in [-0.2, 0) is 6.18 Å². The quantitative estimate of drug-likeness (QED) is 0.660. The molecule has 3 rings (SSSR count). The van der Waals surface area contributed by atoms with Gasteiger partial charge in [0.2, 0.25) is 0 Å². The van der Waals surface area contributed by atoms with Gasteiger partial charge in [0.25, 0.3) is 5.91 Å². The first kappa shape index (κ1) is 20.4. The maximum absolute atomic E-state index is 13.0. The van der Waals surface area contributed by atoms with E-state index < -0.39 is 11.7 Å². The zero-order valence-corrected chi connectivity index (χ0v) is 16.3. The molecular formula is C21H21F3N4O. The monoisotopic (exact) mass is 402 g/mol. The van der Waals surface area contributed by atoms with E-state index in [1.165, 1.54) is 23.0 Å². The van der Waals surface area contributed by atoms with E-state index in [-0.39, 0.29) is 17.2 Å². The second-order valence-corrected chi connectivity index (χ2v) is 6.62. The van der Waals surface area contributed by atoms with Crippen molar-refractivity contribution in [2.75, 3.05) is 23.8 Å². The van der Waals surface area contributed by atoms with Gasteiger partial charge in [-0.2, -0.15) is 18.3 Å². The lowest BCUT2D eigenvalue weighted by Gasteiger charge is -2.17. The lowest BCUT2D eigenvalue weighted by Crippen LogP contribution is -2.17. The fourth-order valence-corrected chi connectivity index (χ4v) is 2.91. The molecule has 0 fully saturated rings. The lowest BCUT2D eigenvalue weighted by molar-refractivity contribution is -0.137. The third kappa shape index (κ3) is 4.42. The van der Waals surface area contributed by atoms with Crippen LogP contribution in [0.25, 0.3) is 5.69 Å². The van der Waals surface area contributed by atoms with E-state index in [1.807, 2.05) is 37.1 Å². The Morgan fingerprint density at radius 3 is 2.59 bits per heavy atom. The number of nitrogens with one attached hydrogen (secondary N) is 1. The second kappa shape index (κ2) is 7.98. The Hall–Kier alpha value is -3.29. The second-order valence-electron chi connectivity index (χ2n) is 6.62. The van der Waals surface area contributed by atoms with Crippen molar-refractivity contribution < 1.29 is 18.0 Å². The maximum atomic E-state index is 13.0. The molecule has 0 unspecified atom stereocenters. The van der Waals surface area contributed by atoms with Gasteiger partial charge in [0.1, 0.15) is 0 Å². The summed E-state index contributed by atoms with van der Waals surface area (Å²) in [4.78, 5) is 14.7. The molecule has 5 nitrogen and oxygen atoms in total. The lowest BCUT2D eigenvalue weighted by atomic mass is 10.2. The van der Waals surface area contributed by atoms with Crippen LogP contribution in [0.15, 0.2) is 54.7 Å². The van der Waals surface area contributed by atoms with Crippen LogP contribution in [0.4, 0.5) is 24.5 Å². The molecular weight excluding hydrogens is 381 g/mol. The number of rotatable bonds is 5. The van der Waals surface area contributed by atoms with E-state index in [9.17, 15) is 18.0 Å². The topological polar surface area (TPSA) is 50.2 Å². The van der Waals surface area contributed by atoms with E-state index >= 15 is 0 Å². The van der Waals surface area contributed by atoms with E-state index in [0.717, 1.165) is 24.4 Å². The van der Waals surface area contributed by atoms with Gasteiger partial charge in [-0.3, -0.25) is 4.79 Å². The molecule has 0 bridgehead atoms. The SMILES string of the molecule is CCN(C)c1cccc(NC(=O)c2cnn(-c3cccc(C(F)(F)F)c3)c2C)c1. The van der Waals surface area contributed by atoms with Crippen LogP contribution in [0, 0.1) is 6.92 Å². The highest BCUT2D eigenvalue weighted by Gasteiger charge is 2.30. The molecule has 8 heteroatoms. The van der Waals surface area contributed by atoms with Crippen molar-refractivity contribution in [1.29, 1.82) is 0 Å². The van der Waals surface area contributed by atoms with Crippen LogP contribution < -0.4 is 10.2 Å². The molecule has 1 N–H and O–H groups in total. The van der Waals surface area contributed by atoms with Gasteiger partial charge in [0.15, 0.2) is 0 Å². The van der Waals surface area contributed by atoms with E-state index in [0.29, 0.717) is 11.4 Å². The summed E-state index contributed by atoms with van der Waals surface area (Å²) in [5.74, 6) is -0.378. The molecule has 1 amide bonds. The molecule has 3 aromatic rings. The van der Waals surface area contributed by atoms with Gasteiger partial charge in [-0.25, -0.2) is 4.68 Å². The molecule has 0 spiro atoms. The Bertz CT molecular complexity index is 1030. The number of carbonyl (C=O) groups is 1. The predicted octanol–water partition coefficient (Wildman–Crippen LogP) is 4.91. The zero-order valence-electron chi connectivity index (χ0n) is 16.3. The van der Waals surface area contributed by atoms with Crippen LogP contribution >= 0.6 is 0 Å². The highest BCUT2D eigenvalue weighted by Crippen LogP contribution is 2.30. The summed E-state index contributed by atoms with van der Waals surface area (Å²) in [6, 6.07) is 12.2. The number of benzene rings is 2. The summed E-state index contributed by atoms with van der Waals surface area (Å²) in [6.45, 7) is 4.49. The average molecular weight is 402 g/mol. The Morgan fingerprint density at radius 2 is 1.90 bits per heavy atom. The van der Waals surface area contributed by atoms with Crippen molar-refractivity contribution >= 4 is 17.3 Å². The number of halogens is 3. The summed E-state index contributed by atoms with van der Waals surface area (Å²) < 4.78 is 40.3. The first-order valence-electron chi connectivity index (χ1n) is 9.05. The summed E-state index contributed by atoms with van der Waals surface area (Å²) >= 11 is 0. The number of hydrogen-bond acceptors (Lipinski definition) is 3. The molecule has 1 aromatic heterocycles. The van der Waals surface area contributed by atoms with Crippen LogP contribution in [0.1, 0.15) is 28.5 Å². The van der Waals surface area contributed by atoms with E-state index in [2.05, 4.69) is 10.4 Å². The number of amides is 1. The molecule has 0 aliphatic rings. The Labute approximate surface area is 166 Å². The van der Waals surface area contributed by atoms with Crippen molar-refractivity contribution in [3.05, 3.63) is 71.5 Å².